The first kappa shape index (κ1) is 37.2. The fraction of sp³-hybridized carbons (Fsp3) is 0.400. The molecule has 4 N–H and O–H groups in total. The number of aromatic nitrogens is 4. The van der Waals surface area contributed by atoms with Crippen molar-refractivity contribution in [3.05, 3.63) is 65.9 Å². The van der Waals surface area contributed by atoms with Crippen LogP contribution in [0.25, 0.3) is 44.2 Å². The summed E-state index contributed by atoms with van der Waals surface area (Å²) in [5.41, 5.74) is 6.53. The lowest BCUT2D eigenvalue weighted by Gasteiger charge is -2.28. The molecule has 15 nitrogen and oxygen atoms in total. The summed E-state index contributed by atoms with van der Waals surface area (Å²) in [6.07, 6.45) is 3.27. The molecule has 5 aromatic rings. The third-order valence-corrected chi connectivity index (χ3v) is 10.7. The predicted molar refractivity (Wildman–Crippen MR) is 205 cm³/mol. The molecule has 3 atom stereocenters. The second kappa shape index (κ2) is 15.7. The molecule has 1 unspecified atom stereocenters. The highest BCUT2D eigenvalue weighted by Gasteiger charge is 2.36. The molecule has 7 rings (SSSR count). The van der Waals surface area contributed by atoms with Crippen LogP contribution >= 0.6 is 0 Å². The zero-order valence-electron chi connectivity index (χ0n) is 31.7. The van der Waals surface area contributed by atoms with Gasteiger partial charge < -0.3 is 44.6 Å². The minimum Gasteiger partial charge on any atom is -0.488 e. The standard InChI is InChI=1S/C40H46N8O7/c1-6-22(3)48(35(49)19-42-39(51)53-4)20-34-41-18-31(43-34)24-10-12-26-25(15-24)21-55-33-17-27-23(16-28(26)33)11-13-30-36(27)46-37(44-30)32-9-8-14-47(32)38(50)29(7-2)45-40(52)54-5/h10-13,15-18,22,29,32H,6-9,14,19-21H2,1-5H3,(H,41,43)(H,42,51)(H,44,46)(H,45,52)/t22-,29-,32?/m0/s1. The molecule has 2 aromatic heterocycles. The Bertz CT molecular complexity index is 2260. The molecular weight excluding hydrogens is 704 g/mol. The van der Waals surface area contributed by atoms with Crippen LogP contribution in [0.4, 0.5) is 9.59 Å². The Morgan fingerprint density at radius 3 is 2.60 bits per heavy atom. The molecular formula is C40H46N8O7. The molecule has 1 saturated heterocycles. The summed E-state index contributed by atoms with van der Waals surface area (Å²) in [4.78, 5) is 69.9. The molecule has 0 spiro atoms. The zero-order valence-corrected chi connectivity index (χ0v) is 31.7. The molecule has 3 aromatic carbocycles. The molecule has 4 heterocycles. The highest BCUT2D eigenvalue weighted by Crippen LogP contribution is 2.43. The number of H-pyrrole nitrogens is 2. The number of fused-ring (bicyclic) bond motifs is 6. The van der Waals surface area contributed by atoms with Gasteiger partial charge in [-0.05, 0) is 78.9 Å². The Kier molecular flexibility index (Phi) is 10.6. The van der Waals surface area contributed by atoms with Crippen molar-refractivity contribution in [1.82, 2.24) is 40.4 Å². The number of carbonyl (C=O) groups is 4. The monoisotopic (exact) mass is 750 g/mol. The molecule has 4 amide bonds. The number of hydrogen-bond acceptors (Lipinski definition) is 9. The van der Waals surface area contributed by atoms with Gasteiger partial charge in [0.15, 0.2) is 0 Å². The van der Waals surface area contributed by atoms with Gasteiger partial charge in [0.05, 0.1) is 49.7 Å². The zero-order chi connectivity index (χ0) is 38.8. The quantitative estimate of drug-likeness (QED) is 0.127. The first-order valence-electron chi connectivity index (χ1n) is 18.6. The van der Waals surface area contributed by atoms with Crippen molar-refractivity contribution in [2.45, 2.75) is 77.7 Å². The highest BCUT2D eigenvalue weighted by atomic mass is 16.5. The largest absolute Gasteiger partial charge is 0.488 e. The normalized spacial score (nSPS) is 15.8. The van der Waals surface area contributed by atoms with Crippen molar-refractivity contribution in [3.8, 4) is 28.1 Å². The predicted octanol–water partition coefficient (Wildman–Crippen LogP) is 5.95. The lowest BCUT2D eigenvalue weighted by Crippen LogP contribution is -2.48. The van der Waals surface area contributed by atoms with Crippen LogP contribution in [0.1, 0.15) is 69.7 Å². The van der Waals surface area contributed by atoms with E-state index in [1.54, 1.807) is 16.0 Å². The minimum atomic E-state index is -0.676. The number of likely N-dealkylation sites (tertiary alicyclic amines) is 1. The van der Waals surface area contributed by atoms with Gasteiger partial charge in [-0.15, -0.1) is 0 Å². The van der Waals surface area contributed by atoms with Crippen molar-refractivity contribution in [3.63, 3.8) is 0 Å². The van der Waals surface area contributed by atoms with Gasteiger partial charge in [0.2, 0.25) is 11.8 Å². The highest BCUT2D eigenvalue weighted by molar-refractivity contribution is 6.07. The summed E-state index contributed by atoms with van der Waals surface area (Å²) in [5.74, 6) is 1.74. The number of nitrogens with one attached hydrogen (secondary N) is 4. The Balaban J connectivity index is 1.11. The minimum absolute atomic E-state index is 0.0612. The van der Waals surface area contributed by atoms with Gasteiger partial charge in [-0.2, -0.15) is 0 Å². The van der Waals surface area contributed by atoms with Gasteiger partial charge >= 0.3 is 12.2 Å². The lowest BCUT2D eigenvalue weighted by atomic mass is 9.92. The Morgan fingerprint density at radius 2 is 1.84 bits per heavy atom. The molecule has 0 radical (unpaired) electrons. The van der Waals surface area contributed by atoms with Gasteiger partial charge in [0, 0.05) is 23.5 Å². The molecule has 2 aliphatic heterocycles. The van der Waals surface area contributed by atoms with E-state index in [0.717, 1.165) is 80.6 Å². The molecule has 288 valence electrons. The van der Waals surface area contributed by atoms with Gasteiger partial charge in [-0.3, -0.25) is 9.59 Å². The molecule has 15 heteroatoms. The molecule has 0 saturated carbocycles. The maximum Gasteiger partial charge on any atom is 0.407 e. The molecule has 1 fully saturated rings. The molecule has 0 bridgehead atoms. The summed E-state index contributed by atoms with van der Waals surface area (Å²) in [6, 6.07) is 13.5. The van der Waals surface area contributed by atoms with Gasteiger partial charge in [-0.25, -0.2) is 19.6 Å². The van der Waals surface area contributed by atoms with Crippen LogP contribution in [0.2, 0.25) is 0 Å². The van der Waals surface area contributed by atoms with Gasteiger partial charge in [0.25, 0.3) is 0 Å². The number of imidazole rings is 2. The number of methoxy groups -OCH3 is 2. The number of benzene rings is 3. The lowest BCUT2D eigenvalue weighted by molar-refractivity contribution is -0.134. The third kappa shape index (κ3) is 7.38. The topological polar surface area (TPSA) is 184 Å². The summed E-state index contributed by atoms with van der Waals surface area (Å²) >= 11 is 0. The Morgan fingerprint density at radius 1 is 1.02 bits per heavy atom. The summed E-state index contributed by atoms with van der Waals surface area (Å²) in [7, 11) is 2.54. The fourth-order valence-electron chi connectivity index (χ4n) is 7.47. The van der Waals surface area contributed by atoms with E-state index in [1.807, 2.05) is 32.9 Å². The number of rotatable bonds is 11. The van der Waals surface area contributed by atoms with E-state index in [0.29, 0.717) is 25.4 Å². The number of amides is 4. The van der Waals surface area contributed by atoms with Crippen molar-refractivity contribution in [2.75, 3.05) is 27.3 Å². The van der Waals surface area contributed by atoms with Crippen LogP contribution < -0.4 is 15.4 Å². The molecule has 0 aliphatic carbocycles. The average Bonchev–Trinajstić information content (AvgIpc) is 3.99. The SMILES string of the molecule is CC[C@H](NC(=O)OC)C(=O)N1CCCC1c1nc2c(ccc3cc4c(cc32)OCc2cc(-c3cnc(CN(C(=O)CNC(=O)OC)[C@@H](C)CC)[nH]3)ccc2-4)[nH]1. The number of carbonyl (C=O) groups excluding carboxylic acids is 4. The Hall–Kier alpha value is -6.12. The summed E-state index contributed by atoms with van der Waals surface area (Å²) in [6.45, 7) is 6.89. The van der Waals surface area contributed by atoms with Crippen LogP contribution in [0.5, 0.6) is 5.75 Å². The summed E-state index contributed by atoms with van der Waals surface area (Å²) in [5, 5.41) is 7.09. The smallest absolute Gasteiger partial charge is 0.407 e. The van der Waals surface area contributed by atoms with E-state index in [1.165, 1.54) is 14.2 Å². The maximum atomic E-state index is 13.5. The fourth-order valence-corrected chi connectivity index (χ4v) is 7.47. The van der Waals surface area contributed by atoms with Crippen LogP contribution in [-0.2, 0) is 32.2 Å². The molecule has 55 heavy (non-hydrogen) atoms. The van der Waals surface area contributed by atoms with Gasteiger partial charge in [0.1, 0.15) is 36.6 Å². The number of alkyl carbamates (subject to hydrolysis) is 2. The number of hydrogen-bond donors (Lipinski definition) is 4. The van der Waals surface area contributed by atoms with Crippen LogP contribution in [-0.4, -0.2) is 93.1 Å². The van der Waals surface area contributed by atoms with E-state index in [-0.39, 0.29) is 37.0 Å². The number of nitrogens with zero attached hydrogens (tertiary/aromatic N) is 4. The second-order valence-corrected chi connectivity index (χ2v) is 14.0. The van der Waals surface area contributed by atoms with Crippen LogP contribution in [0.3, 0.4) is 0 Å². The summed E-state index contributed by atoms with van der Waals surface area (Å²) < 4.78 is 15.7. The van der Waals surface area contributed by atoms with E-state index in [4.69, 9.17) is 14.5 Å². The Labute approximate surface area is 318 Å². The van der Waals surface area contributed by atoms with Crippen molar-refractivity contribution in [2.24, 2.45) is 0 Å². The number of ether oxygens (including phenoxy) is 3. The van der Waals surface area contributed by atoms with Gasteiger partial charge in [-0.1, -0.05) is 32.0 Å². The average molecular weight is 751 g/mol. The second-order valence-electron chi connectivity index (χ2n) is 14.0. The van der Waals surface area contributed by atoms with E-state index in [2.05, 4.69) is 60.7 Å². The molecule has 2 aliphatic rings. The van der Waals surface area contributed by atoms with E-state index < -0.39 is 18.2 Å². The third-order valence-electron chi connectivity index (χ3n) is 10.7. The first-order chi connectivity index (χ1) is 26.6. The van der Waals surface area contributed by atoms with Crippen molar-refractivity contribution >= 4 is 45.8 Å². The maximum absolute atomic E-state index is 13.5. The van der Waals surface area contributed by atoms with Crippen LogP contribution in [0, 0.1) is 0 Å². The van der Waals surface area contributed by atoms with Crippen LogP contribution in [0.15, 0.2) is 48.7 Å². The van der Waals surface area contributed by atoms with Crippen molar-refractivity contribution in [1.29, 1.82) is 0 Å². The van der Waals surface area contributed by atoms with Crippen molar-refractivity contribution < 1.29 is 33.4 Å². The first-order valence-corrected chi connectivity index (χ1v) is 18.6. The van der Waals surface area contributed by atoms with E-state index >= 15 is 0 Å². The number of aromatic amines is 2. The van der Waals surface area contributed by atoms with E-state index in [9.17, 15) is 19.2 Å².